The first-order chi connectivity index (χ1) is 16.5. The second kappa shape index (κ2) is 9.99. The Kier molecular flexibility index (Phi) is 6.86. The lowest BCUT2D eigenvalue weighted by molar-refractivity contribution is 0.111. The number of hydrogen-bond acceptors (Lipinski definition) is 7. The molecule has 0 fully saturated rings. The Bertz CT molecular complexity index is 1410. The molecule has 3 heterocycles. The first-order valence-electron chi connectivity index (χ1n) is 9.96. The van der Waals surface area contributed by atoms with Crippen LogP contribution in [0.15, 0.2) is 54.7 Å². The molecule has 0 unspecified atom stereocenters. The van der Waals surface area contributed by atoms with E-state index in [2.05, 4.69) is 15.0 Å². The van der Waals surface area contributed by atoms with Crippen LogP contribution in [0.5, 0.6) is 11.8 Å². The van der Waals surface area contributed by atoms with Crippen LogP contribution in [0.2, 0.25) is 10.0 Å². The summed E-state index contributed by atoms with van der Waals surface area (Å²) in [6.07, 6.45) is 2.93. The largest absolute Gasteiger partial charge is 0.480 e. The quantitative estimate of drug-likeness (QED) is 0.299. The third kappa shape index (κ3) is 4.35. The predicted octanol–water partition coefficient (Wildman–Crippen LogP) is 5.82. The lowest BCUT2D eigenvalue weighted by Gasteiger charge is -2.12. The summed E-state index contributed by atoms with van der Waals surface area (Å²) in [5, 5.41) is 0.722. The van der Waals surface area contributed by atoms with E-state index in [0.717, 1.165) is 0 Å². The van der Waals surface area contributed by atoms with Gasteiger partial charge in [-0.25, -0.2) is 9.97 Å². The van der Waals surface area contributed by atoms with Crippen molar-refractivity contribution in [3.63, 3.8) is 0 Å². The third-order valence-corrected chi connectivity index (χ3v) is 5.78. The van der Waals surface area contributed by atoms with Gasteiger partial charge in [0.25, 0.3) is 0 Å². The van der Waals surface area contributed by atoms with Gasteiger partial charge in [0, 0.05) is 22.9 Å². The number of methoxy groups -OCH3 is 2. The van der Waals surface area contributed by atoms with E-state index in [0.29, 0.717) is 62.0 Å². The molecule has 7 nitrogen and oxygen atoms in total. The highest BCUT2D eigenvalue weighted by Crippen LogP contribution is 2.38. The van der Waals surface area contributed by atoms with Gasteiger partial charge in [0.2, 0.25) is 11.8 Å². The van der Waals surface area contributed by atoms with Crippen LogP contribution in [-0.2, 0) is 0 Å². The van der Waals surface area contributed by atoms with E-state index in [-0.39, 0.29) is 17.3 Å². The summed E-state index contributed by atoms with van der Waals surface area (Å²) < 4.78 is 10.4. The Hall–Kier alpha value is -3.81. The zero-order valence-corrected chi connectivity index (χ0v) is 19.6. The molecule has 170 valence electrons. The van der Waals surface area contributed by atoms with Gasteiger partial charge in [0.1, 0.15) is 0 Å². The van der Waals surface area contributed by atoms with Crippen molar-refractivity contribution in [2.24, 2.45) is 0 Å². The number of ether oxygens (including phenoxy) is 2. The van der Waals surface area contributed by atoms with Gasteiger partial charge in [-0.2, -0.15) is 0 Å². The summed E-state index contributed by atoms with van der Waals surface area (Å²) in [6, 6.07) is 13.9. The number of carbonyl (C=O) groups is 2. The molecule has 0 saturated heterocycles. The van der Waals surface area contributed by atoms with Gasteiger partial charge in [-0.05, 0) is 30.3 Å². The Labute approximate surface area is 205 Å². The predicted molar refractivity (Wildman–Crippen MR) is 130 cm³/mol. The number of benzene rings is 1. The van der Waals surface area contributed by atoms with E-state index >= 15 is 0 Å². The normalized spacial score (nSPS) is 10.6. The molecule has 1 aromatic carbocycles. The van der Waals surface area contributed by atoms with E-state index in [1.54, 1.807) is 30.5 Å². The van der Waals surface area contributed by atoms with Crippen LogP contribution in [-0.4, -0.2) is 41.7 Å². The summed E-state index contributed by atoms with van der Waals surface area (Å²) in [4.78, 5) is 35.7. The SMILES string of the molecule is COc1nc(-c2cccc(-c3cc(-c4nc(OC)c(C=O)cc4Cl)ccn3)c2Cl)ccc1C=O. The van der Waals surface area contributed by atoms with Gasteiger partial charge < -0.3 is 9.47 Å². The maximum Gasteiger partial charge on any atom is 0.224 e. The standard InChI is InChI=1S/C25H17Cl2N3O4/c1-33-24-15(12-31)6-7-20(29-24)17-4-3-5-18(22(17)27)21-11-14(8-9-28-21)23-19(26)10-16(13-32)25(30-23)34-2/h3-13H,1-2H3. The topological polar surface area (TPSA) is 91.3 Å². The van der Waals surface area contributed by atoms with Gasteiger partial charge in [0.15, 0.2) is 12.6 Å². The molecular weight excluding hydrogens is 477 g/mol. The molecule has 0 aliphatic heterocycles. The van der Waals surface area contributed by atoms with Crippen molar-refractivity contribution < 1.29 is 19.1 Å². The van der Waals surface area contributed by atoms with Gasteiger partial charge >= 0.3 is 0 Å². The fraction of sp³-hybridized carbons (Fsp3) is 0.0800. The van der Waals surface area contributed by atoms with Crippen molar-refractivity contribution in [2.45, 2.75) is 0 Å². The van der Waals surface area contributed by atoms with Crippen molar-refractivity contribution in [2.75, 3.05) is 14.2 Å². The monoisotopic (exact) mass is 493 g/mol. The average Bonchev–Trinajstić information content (AvgIpc) is 2.88. The summed E-state index contributed by atoms with van der Waals surface area (Å²) in [6.45, 7) is 0. The Morgan fingerprint density at radius 2 is 1.47 bits per heavy atom. The van der Waals surface area contributed by atoms with Crippen LogP contribution in [0.4, 0.5) is 0 Å². The highest BCUT2D eigenvalue weighted by atomic mass is 35.5. The summed E-state index contributed by atoms with van der Waals surface area (Å²) in [7, 11) is 2.88. The first kappa shape index (κ1) is 23.4. The fourth-order valence-corrected chi connectivity index (χ4v) is 4.03. The van der Waals surface area contributed by atoms with Crippen molar-refractivity contribution in [1.82, 2.24) is 15.0 Å². The van der Waals surface area contributed by atoms with Crippen LogP contribution in [0.3, 0.4) is 0 Å². The van der Waals surface area contributed by atoms with Gasteiger partial charge in [-0.3, -0.25) is 14.6 Å². The lowest BCUT2D eigenvalue weighted by Crippen LogP contribution is -1.98. The smallest absolute Gasteiger partial charge is 0.224 e. The molecule has 0 saturated carbocycles. The van der Waals surface area contributed by atoms with Crippen LogP contribution >= 0.6 is 23.2 Å². The minimum atomic E-state index is 0.173. The Balaban J connectivity index is 1.80. The van der Waals surface area contributed by atoms with E-state index in [1.165, 1.54) is 20.3 Å². The van der Waals surface area contributed by atoms with Gasteiger partial charge in [0.05, 0.1) is 52.5 Å². The Morgan fingerprint density at radius 1 is 0.794 bits per heavy atom. The first-order valence-corrected chi connectivity index (χ1v) is 10.7. The number of carbonyl (C=O) groups excluding carboxylic acids is 2. The molecule has 0 aliphatic rings. The van der Waals surface area contributed by atoms with Crippen LogP contribution < -0.4 is 9.47 Å². The number of nitrogens with zero attached hydrogens (tertiary/aromatic N) is 3. The molecule has 3 aromatic heterocycles. The van der Waals surface area contributed by atoms with Gasteiger partial charge in [-0.15, -0.1) is 0 Å². The molecule has 0 spiro atoms. The average molecular weight is 494 g/mol. The number of aldehydes is 2. The van der Waals surface area contributed by atoms with Crippen molar-refractivity contribution in [3.05, 3.63) is 75.9 Å². The Morgan fingerprint density at radius 3 is 2.15 bits per heavy atom. The molecular formula is C25H17Cl2N3O4. The number of rotatable bonds is 7. The molecule has 0 aliphatic carbocycles. The maximum atomic E-state index is 11.3. The van der Waals surface area contributed by atoms with Crippen molar-refractivity contribution >= 4 is 35.8 Å². The van der Waals surface area contributed by atoms with Crippen LogP contribution in [0.25, 0.3) is 33.8 Å². The van der Waals surface area contributed by atoms with Crippen LogP contribution in [0, 0.1) is 0 Å². The number of pyridine rings is 3. The van der Waals surface area contributed by atoms with Crippen LogP contribution in [0.1, 0.15) is 20.7 Å². The van der Waals surface area contributed by atoms with Crippen molar-refractivity contribution in [3.8, 4) is 45.5 Å². The van der Waals surface area contributed by atoms with Crippen molar-refractivity contribution in [1.29, 1.82) is 0 Å². The number of aromatic nitrogens is 3. The highest BCUT2D eigenvalue weighted by Gasteiger charge is 2.17. The molecule has 0 bridgehead atoms. The van der Waals surface area contributed by atoms with Gasteiger partial charge in [-0.1, -0.05) is 41.4 Å². The van der Waals surface area contributed by atoms with E-state index in [4.69, 9.17) is 32.7 Å². The zero-order valence-electron chi connectivity index (χ0n) is 18.1. The minimum Gasteiger partial charge on any atom is -0.480 e. The molecule has 34 heavy (non-hydrogen) atoms. The molecule has 0 radical (unpaired) electrons. The second-order valence-corrected chi connectivity index (χ2v) is 7.83. The fourth-order valence-electron chi connectivity index (χ4n) is 3.44. The van der Waals surface area contributed by atoms with E-state index in [1.807, 2.05) is 18.2 Å². The lowest BCUT2D eigenvalue weighted by atomic mass is 10.0. The number of halogens is 2. The maximum absolute atomic E-state index is 11.3. The molecule has 4 aromatic rings. The van der Waals surface area contributed by atoms with E-state index in [9.17, 15) is 9.59 Å². The summed E-state index contributed by atoms with van der Waals surface area (Å²) in [5.74, 6) is 0.383. The van der Waals surface area contributed by atoms with E-state index < -0.39 is 0 Å². The molecule has 0 atom stereocenters. The highest BCUT2D eigenvalue weighted by molar-refractivity contribution is 6.36. The number of hydrogen-bond donors (Lipinski definition) is 0. The minimum absolute atomic E-state index is 0.173. The second-order valence-electron chi connectivity index (χ2n) is 7.04. The molecule has 9 heteroatoms. The summed E-state index contributed by atoms with van der Waals surface area (Å²) in [5.41, 5.74) is 4.14. The molecule has 0 N–H and O–H groups in total. The zero-order chi connectivity index (χ0) is 24.2. The summed E-state index contributed by atoms with van der Waals surface area (Å²) >= 11 is 13.2. The third-order valence-electron chi connectivity index (χ3n) is 5.08. The molecule has 0 amide bonds. The molecule has 4 rings (SSSR count).